The Morgan fingerprint density at radius 3 is 2.63 bits per heavy atom. The van der Waals surface area contributed by atoms with Crippen molar-refractivity contribution >= 4 is 28.1 Å². The van der Waals surface area contributed by atoms with Crippen LogP contribution in [0.1, 0.15) is 16.7 Å². The van der Waals surface area contributed by atoms with Gasteiger partial charge in [0, 0.05) is 15.6 Å². The Bertz CT molecular complexity index is 1460. The number of H-pyrrole nitrogens is 1. The number of ether oxygens (including phenoxy) is 2. The molecule has 4 rings (SSSR count). The molecular weight excluding hydrogens is 510 g/mol. The summed E-state index contributed by atoms with van der Waals surface area (Å²) in [4.78, 5) is 19.3. The van der Waals surface area contributed by atoms with E-state index in [0.717, 1.165) is 15.6 Å². The second-order valence-corrected chi connectivity index (χ2v) is 8.13. The second-order valence-electron chi connectivity index (χ2n) is 7.28. The molecule has 0 radical (unpaired) electrons. The number of nitrogens with zero attached hydrogens (tertiary/aromatic N) is 3. The average molecular weight is 530 g/mol. The predicted octanol–water partition coefficient (Wildman–Crippen LogP) is 5.10. The Labute approximate surface area is 210 Å². The lowest BCUT2D eigenvalue weighted by Crippen LogP contribution is -2.16. The highest BCUT2D eigenvalue weighted by Gasteiger charge is 2.13. The molecule has 35 heavy (non-hydrogen) atoms. The summed E-state index contributed by atoms with van der Waals surface area (Å²) in [6.07, 6.45) is 1.56. The van der Waals surface area contributed by atoms with Crippen LogP contribution in [0.5, 0.6) is 11.5 Å². The third-order valence-electron chi connectivity index (χ3n) is 4.99. The molecule has 0 saturated carbocycles. The van der Waals surface area contributed by atoms with E-state index in [1.807, 2.05) is 54.6 Å². The van der Waals surface area contributed by atoms with Gasteiger partial charge in [-0.05, 0) is 29.8 Å². The van der Waals surface area contributed by atoms with Crippen LogP contribution in [0, 0.1) is 11.3 Å². The van der Waals surface area contributed by atoms with Gasteiger partial charge in [0.05, 0.1) is 19.0 Å². The number of aromatic nitrogens is 2. The van der Waals surface area contributed by atoms with Crippen LogP contribution in [0.2, 0.25) is 0 Å². The summed E-state index contributed by atoms with van der Waals surface area (Å²) < 4.78 is 12.4. The van der Waals surface area contributed by atoms with E-state index in [0.29, 0.717) is 23.7 Å². The van der Waals surface area contributed by atoms with Crippen molar-refractivity contribution < 1.29 is 9.47 Å². The van der Waals surface area contributed by atoms with Gasteiger partial charge >= 0.3 is 0 Å². The lowest BCUT2D eigenvalue weighted by molar-refractivity contribution is 0.284. The van der Waals surface area contributed by atoms with Crippen LogP contribution >= 0.6 is 15.9 Å². The Kier molecular flexibility index (Phi) is 7.55. The fraction of sp³-hybridized carbons (Fsp3) is 0.0769. The van der Waals surface area contributed by atoms with Gasteiger partial charge in [-0.1, -0.05) is 64.5 Å². The number of aromatic amines is 1. The number of rotatable bonds is 8. The van der Waals surface area contributed by atoms with E-state index in [1.165, 1.54) is 0 Å². The Hall–Kier alpha value is -4.42. The van der Waals surface area contributed by atoms with Crippen LogP contribution in [0.3, 0.4) is 0 Å². The van der Waals surface area contributed by atoms with Crippen LogP contribution in [0.15, 0.2) is 87.2 Å². The molecule has 9 heteroatoms. The normalized spacial score (nSPS) is 10.7. The Morgan fingerprint density at radius 1 is 1.11 bits per heavy atom. The molecule has 0 amide bonds. The summed E-state index contributed by atoms with van der Waals surface area (Å²) in [5.41, 5.74) is 4.80. The molecule has 0 atom stereocenters. The second kappa shape index (κ2) is 11.1. The monoisotopic (exact) mass is 529 g/mol. The number of anilines is 1. The summed E-state index contributed by atoms with van der Waals surface area (Å²) in [5, 5.41) is 13.5. The topological polar surface area (TPSA) is 112 Å². The molecule has 8 nitrogen and oxygen atoms in total. The van der Waals surface area contributed by atoms with Gasteiger partial charge in [0.25, 0.3) is 5.56 Å². The van der Waals surface area contributed by atoms with E-state index in [1.54, 1.807) is 37.6 Å². The summed E-state index contributed by atoms with van der Waals surface area (Å²) in [7, 11) is 1.57. The van der Waals surface area contributed by atoms with Crippen molar-refractivity contribution in [1.82, 2.24) is 9.97 Å². The van der Waals surface area contributed by atoms with Crippen LogP contribution in [0.4, 0.5) is 5.95 Å². The van der Waals surface area contributed by atoms with E-state index in [-0.39, 0.29) is 17.2 Å². The minimum Gasteiger partial charge on any atom is -0.493 e. The van der Waals surface area contributed by atoms with Gasteiger partial charge in [-0.2, -0.15) is 10.4 Å². The lowest BCUT2D eigenvalue weighted by Gasteiger charge is -2.12. The number of hydrogen-bond donors (Lipinski definition) is 2. The fourth-order valence-electron chi connectivity index (χ4n) is 3.26. The molecule has 0 unspecified atom stereocenters. The van der Waals surface area contributed by atoms with Gasteiger partial charge in [0.2, 0.25) is 5.95 Å². The van der Waals surface area contributed by atoms with E-state index < -0.39 is 5.56 Å². The molecule has 1 heterocycles. The molecule has 0 aliphatic rings. The lowest BCUT2D eigenvalue weighted by atomic mass is 10.1. The fourth-order valence-corrected chi connectivity index (χ4v) is 3.66. The quantitative estimate of drug-likeness (QED) is 0.242. The Balaban J connectivity index is 1.50. The molecule has 0 bridgehead atoms. The van der Waals surface area contributed by atoms with Gasteiger partial charge in [-0.3, -0.25) is 9.78 Å². The highest BCUT2D eigenvalue weighted by Crippen LogP contribution is 2.29. The molecule has 0 fully saturated rings. The molecule has 0 aliphatic carbocycles. The molecule has 0 saturated heterocycles. The summed E-state index contributed by atoms with van der Waals surface area (Å²) in [6, 6.07) is 24.2. The van der Waals surface area contributed by atoms with Crippen LogP contribution in [-0.2, 0) is 6.61 Å². The molecule has 174 valence electrons. The molecular formula is C26H20BrN5O3. The highest BCUT2D eigenvalue weighted by atomic mass is 79.9. The summed E-state index contributed by atoms with van der Waals surface area (Å²) in [6.45, 7) is 0.383. The van der Waals surface area contributed by atoms with Crippen molar-refractivity contribution in [3.63, 3.8) is 0 Å². The van der Waals surface area contributed by atoms with Crippen LogP contribution in [0.25, 0.3) is 11.3 Å². The first-order valence-electron chi connectivity index (χ1n) is 10.5. The molecule has 2 N–H and O–H groups in total. The number of nitrogens with one attached hydrogen (secondary N) is 2. The third-order valence-corrected chi connectivity index (χ3v) is 5.76. The van der Waals surface area contributed by atoms with Crippen molar-refractivity contribution in [3.8, 4) is 28.8 Å². The van der Waals surface area contributed by atoms with E-state index in [2.05, 4.69) is 36.4 Å². The maximum atomic E-state index is 12.4. The van der Waals surface area contributed by atoms with E-state index in [9.17, 15) is 10.1 Å². The van der Waals surface area contributed by atoms with Crippen molar-refractivity contribution in [2.75, 3.05) is 12.5 Å². The molecule has 4 aromatic rings. The van der Waals surface area contributed by atoms with Gasteiger partial charge in [0.1, 0.15) is 18.2 Å². The number of methoxy groups -OCH3 is 1. The number of halogens is 1. The molecule has 3 aromatic carbocycles. The first-order valence-corrected chi connectivity index (χ1v) is 11.3. The van der Waals surface area contributed by atoms with Gasteiger partial charge < -0.3 is 9.47 Å². The Morgan fingerprint density at radius 2 is 1.89 bits per heavy atom. The van der Waals surface area contributed by atoms with Crippen LogP contribution in [-0.4, -0.2) is 23.3 Å². The zero-order valence-electron chi connectivity index (χ0n) is 18.7. The summed E-state index contributed by atoms with van der Waals surface area (Å²) >= 11 is 3.52. The standard InChI is InChI=1S/C26H20BrN5O3/c1-34-23-13-17(11-12-22(23)35-16-19-9-5-6-10-21(19)27)15-29-32-26-30-24(18-7-3-2-4-8-18)20(14-28)25(33)31-26/h2-13,15H,16H2,1H3,(H2,30,31,32,33). The van der Waals surface area contributed by atoms with Crippen LogP contribution < -0.4 is 20.5 Å². The minimum absolute atomic E-state index is 0.0615. The zero-order chi connectivity index (χ0) is 24.6. The van der Waals surface area contributed by atoms with Crippen molar-refractivity contribution in [1.29, 1.82) is 5.26 Å². The van der Waals surface area contributed by atoms with E-state index in [4.69, 9.17) is 9.47 Å². The summed E-state index contributed by atoms with van der Waals surface area (Å²) in [5.74, 6) is 1.26. The molecule has 0 spiro atoms. The molecule has 1 aromatic heterocycles. The average Bonchev–Trinajstić information content (AvgIpc) is 2.88. The first-order chi connectivity index (χ1) is 17.1. The van der Waals surface area contributed by atoms with Gasteiger partial charge in [-0.25, -0.2) is 10.4 Å². The highest BCUT2D eigenvalue weighted by molar-refractivity contribution is 9.10. The first kappa shape index (κ1) is 23.7. The number of hydrogen-bond acceptors (Lipinski definition) is 7. The number of hydrazone groups is 1. The molecule has 0 aliphatic heterocycles. The SMILES string of the molecule is COc1cc(C=NNc2nc(-c3ccccc3)c(C#N)c(=O)[nH]2)ccc1OCc1ccccc1Br. The van der Waals surface area contributed by atoms with Gasteiger partial charge in [-0.15, -0.1) is 0 Å². The minimum atomic E-state index is -0.549. The van der Waals surface area contributed by atoms with Gasteiger partial charge in [0.15, 0.2) is 11.5 Å². The predicted molar refractivity (Wildman–Crippen MR) is 138 cm³/mol. The van der Waals surface area contributed by atoms with E-state index >= 15 is 0 Å². The van der Waals surface area contributed by atoms with Crippen molar-refractivity contribution in [3.05, 3.63) is 104 Å². The zero-order valence-corrected chi connectivity index (χ0v) is 20.2. The van der Waals surface area contributed by atoms with Crippen molar-refractivity contribution in [2.24, 2.45) is 5.10 Å². The number of nitriles is 1. The number of benzene rings is 3. The largest absolute Gasteiger partial charge is 0.493 e. The smallest absolute Gasteiger partial charge is 0.270 e. The maximum Gasteiger partial charge on any atom is 0.270 e. The third kappa shape index (κ3) is 5.75. The maximum absolute atomic E-state index is 12.4. The van der Waals surface area contributed by atoms with Crippen molar-refractivity contribution in [2.45, 2.75) is 6.61 Å².